The summed E-state index contributed by atoms with van der Waals surface area (Å²) in [6, 6.07) is 0.810. The Balaban J connectivity index is 1.61. The molecule has 0 radical (unpaired) electrons. The maximum Gasteiger partial charge on any atom is 0.00721 e. The summed E-state index contributed by atoms with van der Waals surface area (Å²) in [4.78, 5) is 0. The highest BCUT2D eigenvalue weighted by Crippen LogP contribution is 2.35. The predicted octanol–water partition coefficient (Wildman–Crippen LogP) is 4.13. The van der Waals surface area contributed by atoms with Crippen LogP contribution in [0.25, 0.3) is 0 Å². The van der Waals surface area contributed by atoms with E-state index in [1.807, 2.05) is 0 Å². The highest BCUT2D eigenvalue weighted by atomic mass is 14.9. The second kappa shape index (κ2) is 5.53. The van der Waals surface area contributed by atoms with E-state index in [1.165, 1.54) is 64.3 Å². The van der Waals surface area contributed by atoms with Crippen LogP contribution in [0.3, 0.4) is 0 Å². The van der Waals surface area contributed by atoms with E-state index >= 15 is 0 Å². The van der Waals surface area contributed by atoms with Crippen molar-refractivity contribution in [1.29, 1.82) is 0 Å². The van der Waals surface area contributed by atoms with Crippen molar-refractivity contribution in [3.8, 4) is 0 Å². The van der Waals surface area contributed by atoms with Crippen LogP contribution in [-0.4, -0.2) is 12.6 Å². The molecule has 16 heavy (non-hydrogen) atoms. The van der Waals surface area contributed by atoms with Crippen molar-refractivity contribution >= 4 is 0 Å². The monoisotopic (exact) mass is 223 g/mol. The number of hydrogen-bond donors (Lipinski definition) is 1. The zero-order valence-corrected chi connectivity index (χ0v) is 11.2. The second-order valence-corrected chi connectivity index (χ2v) is 6.85. The number of nitrogens with one attached hydrogen (secondary N) is 1. The van der Waals surface area contributed by atoms with Gasteiger partial charge >= 0.3 is 0 Å². The molecule has 0 saturated heterocycles. The molecule has 2 rings (SSSR count). The quantitative estimate of drug-likeness (QED) is 0.756. The molecule has 2 fully saturated rings. The summed E-state index contributed by atoms with van der Waals surface area (Å²) in [6.07, 6.45) is 13.0. The Hall–Kier alpha value is -0.0400. The topological polar surface area (TPSA) is 12.0 Å². The van der Waals surface area contributed by atoms with E-state index in [2.05, 4.69) is 19.2 Å². The van der Waals surface area contributed by atoms with Gasteiger partial charge in [0.25, 0.3) is 0 Å². The van der Waals surface area contributed by atoms with Gasteiger partial charge in [-0.15, -0.1) is 0 Å². The first-order chi connectivity index (χ1) is 7.66. The van der Waals surface area contributed by atoms with E-state index in [9.17, 15) is 0 Å². The van der Waals surface area contributed by atoms with E-state index in [0.717, 1.165) is 12.0 Å². The summed E-state index contributed by atoms with van der Waals surface area (Å²) in [5.74, 6) is 1.05. The molecule has 0 aromatic carbocycles. The van der Waals surface area contributed by atoms with Crippen molar-refractivity contribution in [3.05, 3.63) is 0 Å². The first kappa shape index (κ1) is 12.4. The Morgan fingerprint density at radius 3 is 2.50 bits per heavy atom. The molecule has 94 valence electrons. The molecular weight excluding hydrogens is 194 g/mol. The fourth-order valence-corrected chi connectivity index (χ4v) is 3.66. The van der Waals surface area contributed by atoms with E-state index in [0.29, 0.717) is 5.41 Å². The molecule has 0 heterocycles. The van der Waals surface area contributed by atoms with E-state index in [1.54, 1.807) is 0 Å². The standard InChI is InChI=1S/C15H29N/c1-15(2)10-5-8-14(12-15)16-11-9-13-6-3-4-7-13/h13-14,16H,3-12H2,1-2H3. The Bertz CT molecular complexity index is 203. The molecule has 0 spiro atoms. The average molecular weight is 223 g/mol. The largest absolute Gasteiger partial charge is 0.314 e. The lowest BCUT2D eigenvalue weighted by atomic mass is 9.75. The van der Waals surface area contributed by atoms with Gasteiger partial charge in [0.15, 0.2) is 0 Å². The van der Waals surface area contributed by atoms with Gasteiger partial charge in [-0.25, -0.2) is 0 Å². The van der Waals surface area contributed by atoms with Gasteiger partial charge in [-0.05, 0) is 43.6 Å². The first-order valence-electron chi connectivity index (χ1n) is 7.39. The third kappa shape index (κ3) is 3.76. The number of hydrogen-bond acceptors (Lipinski definition) is 1. The fourth-order valence-electron chi connectivity index (χ4n) is 3.66. The third-order valence-corrected chi connectivity index (χ3v) is 4.67. The maximum atomic E-state index is 3.80. The predicted molar refractivity (Wildman–Crippen MR) is 70.6 cm³/mol. The first-order valence-corrected chi connectivity index (χ1v) is 7.39. The van der Waals surface area contributed by atoms with E-state index < -0.39 is 0 Å². The van der Waals surface area contributed by atoms with Crippen LogP contribution in [0.2, 0.25) is 0 Å². The SMILES string of the molecule is CC1(C)CCCC(NCCC2CCCC2)C1. The minimum Gasteiger partial charge on any atom is -0.314 e. The van der Waals surface area contributed by atoms with Crippen LogP contribution in [-0.2, 0) is 0 Å². The smallest absolute Gasteiger partial charge is 0.00721 e. The van der Waals surface area contributed by atoms with Crippen LogP contribution in [0.4, 0.5) is 0 Å². The average Bonchev–Trinajstić information content (AvgIpc) is 2.69. The Morgan fingerprint density at radius 2 is 1.81 bits per heavy atom. The summed E-state index contributed by atoms with van der Waals surface area (Å²) < 4.78 is 0. The molecular formula is C15H29N. The van der Waals surface area contributed by atoms with Crippen LogP contribution in [0.1, 0.15) is 71.6 Å². The summed E-state index contributed by atoms with van der Waals surface area (Å²) in [7, 11) is 0. The molecule has 1 atom stereocenters. The highest BCUT2D eigenvalue weighted by molar-refractivity contribution is 4.83. The van der Waals surface area contributed by atoms with Crippen LogP contribution in [0.5, 0.6) is 0 Å². The Labute approximate surface area is 101 Å². The van der Waals surface area contributed by atoms with Gasteiger partial charge < -0.3 is 5.32 Å². The minimum atomic E-state index is 0.587. The molecule has 1 unspecified atom stereocenters. The van der Waals surface area contributed by atoms with Gasteiger partial charge in [0.1, 0.15) is 0 Å². The van der Waals surface area contributed by atoms with Crippen LogP contribution >= 0.6 is 0 Å². The van der Waals surface area contributed by atoms with Gasteiger partial charge in [0.05, 0.1) is 0 Å². The molecule has 1 N–H and O–H groups in total. The van der Waals surface area contributed by atoms with Gasteiger partial charge in [0, 0.05) is 6.04 Å². The van der Waals surface area contributed by atoms with Gasteiger partial charge in [-0.1, -0.05) is 46.0 Å². The van der Waals surface area contributed by atoms with Crippen molar-refractivity contribution in [2.45, 2.75) is 77.7 Å². The van der Waals surface area contributed by atoms with Crippen LogP contribution in [0.15, 0.2) is 0 Å². The summed E-state index contributed by atoms with van der Waals surface area (Å²) >= 11 is 0. The number of rotatable bonds is 4. The van der Waals surface area contributed by atoms with Crippen molar-refractivity contribution < 1.29 is 0 Å². The summed E-state index contributed by atoms with van der Waals surface area (Å²) in [5, 5.41) is 3.80. The zero-order valence-electron chi connectivity index (χ0n) is 11.2. The summed E-state index contributed by atoms with van der Waals surface area (Å²) in [6.45, 7) is 6.13. The summed E-state index contributed by atoms with van der Waals surface area (Å²) in [5.41, 5.74) is 0.587. The van der Waals surface area contributed by atoms with Crippen LogP contribution < -0.4 is 5.32 Å². The molecule has 2 saturated carbocycles. The van der Waals surface area contributed by atoms with Gasteiger partial charge in [-0.2, -0.15) is 0 Å². The van der Waals surface area contributed by atoms with Crippen molar-refractivity contribution in [1.82, 2.24) is 5.32 Å². The molecule has 1 nitrogen and oxygen atoms in total. The molecule has 0 aromatic rings. The molecule has 0 aromatic heterocycles. The van der Waals surface area contributed by atoms with E-state index in [-0.39, 0.29) is 0 Å². The Kier molecular flexibility index (Phi) is 4.29. The van der Waals surface area contributed by atoms with Crippen molar-refractivity contribution in [2.75, 3.05) is 6.54 Å². The Morgan fingerprint density at radius 1 is 1.06 bits per heavy atom. The zero-order chi connectivity index (χ0) is 11.4. The van der Waals surface area contributed by atoms with Gasteiger partial charge in [0.2, 0.25) is 0 Å². The molecule has 2 aliphatic carbocycles. The van der Waals surface area contributed by atoms with Crippen LogP contribution in [0, 0.1) is 11.3 Å². The lowest BCUT2D eigenvalue weighted by Crippen LogP contribution is -2.38. The fraction of sp³-hybridized carbons (Fsp3) is 1.00. The lowest BCUT2D eigenvalue weighted by molar-refractivity contribution is 0.197. The lowest BCUT2D eigenvalue weighted by Gasteiger charge is -2.35. The van der Waals surface area contributed by atoms with Gasteiger partial charge in [-0.3, -0.25) is 0 Å². The third-order valence-electron chi connectivity index (χ3n) is 4.67. The van der Waals surface area contributed by atoms with Crippen molar-refractivity contribution in [2.24, 2.45) is 11.3 Å². The van der Waals surface area contributed by atoms with E-state index in [4.69, 9.17) is 0 Å². The second-order valence-electron chi connectivity index (χ2n) is 6.85. The maximum absolute atomic E-state index is 3.80. The minimum absolute atomic E-state index is 0.587. The normalized spacial score (nSPS) is 30.8. The molecule has 0 bridgehead atoms. The molecule has 1 heteroatoms. The van der Waals surface area contributed by atoms with Crippen molar-refractivity contribution in [3.63, 3.8) is 0 Å². The molecule has 2 aliphatic rings. The highest BCUT2D eigenvalue weighted by Gasteiger charge is 2.27. The molecule has 0 aliphatic heterocycles. The molecule has 0 amide bonds.